The van der Waals surface area contributed by atoms with Crippen LogP contribution >= 0.6 is 0 Å². The van der Waals surface area contributed by atoms with Crippen molar-refractivity contribution in [2.45, 2.75) is 25.8 Å². The largest absolute Gasteiger partial charge is 0.481 e. The van der Waals surface area contributed by atoms with Crippen LogP contribution in [0, 0.1) is 5.92 Å². The van der Waals surface area contributed by atoms with Gasteiger partial charge in [-0.25, -0.2) is 4.98 Å². The topological polar surface area (TPSA) is 74.9 Å². The van der Waals surface area contributed by atoms with Gasteiger partial charge in [0, 0.05) is 25.0 Å². The Labute approximate surface area is 122 Å². The zero-order valence-corrected chi connectivity index (χ0v) is 11.8. The van der Waals surface area contributed by atoms with E-state index >= 15 is 0 Å². The lowest BCUT2D eigenvalue weighted by Crippen LogP contribution is -2.47. The number of carbonyl (C=O) groups is 2. The number of rotatable bonds is 2. The van der Waals surface area contributed by atoms with Crippen molar-refractivity contribution in [1.82, 2.24) is 14.3 Å². The summed E-state index contributed by atoms with van der Waals surface area (Å²) in [4.78, 5) is 29.7. The molecule has 2 atom stereocenters. The third-order valence-electron chi connectivity index (χ3n) is 4.08. The Hall–Kier alpha value is -2.37. The molecule has 1 amide bonds. The van der Waals surface area contributed by atoms with E-state index < -0.39 is 11.9 Å². The monoisotopic (exact) mass is 287 g/mol. The molecule has 0 radical (unpaired) electrons. The maximum atomic E-state index is 12.6. The van der Waals surface area contributed by atoms with Crippen LogP contribution in [-0.4, -0.2) is 43.9 Å². The van der Waals surface area contributed by atoms with Crippen LogP contribution < -0.4 is 0 Å². The van der Waals surface area contributed by atoms with Gasteiger partial charge >= 0.3 is 5.97 Å². The first-order chi connectivity index (χ1) is 10.1. The van der Waals surface area contributed by atoms with Crippen molar-refractivity contribution in [3.8, 4) is 0 Å². The zero-order valence-electron chi connectivity index (χ0n) is 11.8. The SMILES string of the molecule is CC1CCC(C(=O)O)CN1C(=O)c1cn2ccccc2n1. The Kier molecular flexibility index (Phi) is 3.37. The number of hydrogen-bond acceptors (Lipinski definition) is 3. The summed E-state index contributed by atoms with van der Waals surface area (Å²) in [6.07, 6.45) is 4.84. The van der Waals surface area contributed by atoms with Gasteiger partial charge < -0.3 is 14.4 Å². The van der Waals surface area contributed by atoms with Crippen LogP contribution in [0.15, 0.2) is 30.6 Å². The van der Waals surface area contributed by atoms with Crippen LogP contribution in [0.5, 0.6) is 0 Å². The van der Waals surface area contributed by atoms with Crippen LogP contribution in [-0.2, 0) is 4.79 Å². The van der Waals surface area contributed by atoms with Crippen molar-refractivity contribution >= 4 is 17.5 Å². The summed E-state index contributed by atoms with van der Waals surface area (Å²) in [5, 5.41) is 9.15. The molecule has 6 nitrogen and oxygen atoms in total. The molecule has 1 fully saturated rings. The number of amides is 1. The smallest absolute Gasteiger partial charge is 0.308 e. The molecule has 0 spiro atoms. The van der Waals surface area contributed by atoms with Crippen molar-refractivity contribution in [2.75, 3.05) is 6.54 Å². The lowest BCUT2D eigenvalue weighted by molar-refractivity contribution is -0.143. The standard InChI is InChI=1S/C15H17N3O3/c1-10-5-6-11(15(20)21)8-18(10)14(19)12-9-17-7-3-2-4-13(17)16-12/h2-4,7,9-11H,5-6,8H2,1H3,(H,20,21). The molecule has 21 heavy (non-hydrogen) atoms. The summed E-state index contributed by atoms with van der Waals surface area (Å²) in [5.41, 5.74) is 1.07. The number of aromatic nitrogens is 2. The van der Waals surface area contributed by atoms with Gasteiger partial charge in [-0.05, 0) is 31.9 Å². The highest BCUT2D eigenvalue weighted by Crippen LogP contribution is 2.23. The molecule has 2 aromatic heterocycles. The van der Waals surface area contributed by atoms with Gasteiger partial charge in [0.1, 0.15) is 11.3 Å². The van der Waals surface area contributed by atoms with E-state index in [1.807, 2.05) is 31.3 Å². The number of carbonyl (C=O) groups excluding carboxylic acids is 1. The molecule has 6 heteroatoms. The third kappa shape index (κ3) is 2.49. The fraction of sp³-hybridized carbons (Fsp3) is 0.400. The van der Waals surface area contributed by atoms with E-state index in [0.717, 1.165) is 0 Å². The van der Waals surface area contributed by atoms with Crippen molar-refractivity contribution in [1.29, 1.82) is 0 Å². The van der Waals surface area contributed by atoms with Crippen molar-refractivity contribution in [3.05, 3.63) is 36.3 Å². The maximum Gasteiger partial charge on any atom is 0.308 e. The molecule has 1 aliphatic rings. The Morgan fingerprint density at radius 1 is 1.33 bits per heavy atom. The minimum atomic E-state index is -0.838. The van der Waals surface area contributed by atoms with Gasteiger partial charge in [-0.3, -0.25) is 9.59 Å². The number of nitrogens with zero attached hydrogens (tertiary/aromatic N) is 3. The Morgan fingerprint density at radius 2 is 2.14 bits per heavy atom. The maximum absolute atomic E-state index is 12.6. The summed E-state index contributed by atoms with van der Waals surface area (Å²) in [7, 11) is 0. The van der Waals surface area contributed by atoms with Crippen molar-refractivity contribution < 1.29 is 14.7 Å². The lowest BCUT2D eigenvalue weighted by Gasteiger charge is -2.36. The number of carboxylic acids is 1. The Morgan fingerprint density at radius 3 is 2.86 bits per heavy atom. The van der Waals surface area contributed by atoms with Gasteiger partial charge in [0.15, 0.2) is 0 Å². The highest BCUT2D eigenvalue weighted by molar-refractivity contribution is 5.93. The van der Waals surface area contributed by atoms with Crippen LogP contribution in [0.4, 0.5) is 0 Å². The van der Waals surface area contributed by atoms with E-state index in [1.54, 1.807) is 15.5 Å². The number of likely N-dealkylation sites (tertiary alicyclic amines) is 1. The van der Waals surface area contributed by atoms with Gasteiger partial charge in [0.25, 0.3) is 5.91 Å². The molecule has 0 saturated carbocycles. The van der Waals surface area contributed by atoms with Gasteiger partial charge in [0.05, 0.1) is 5.92 Å². The third-order valence-corrected chi connectivity index (χ3v) is 4.08. The number of piperidine rings is 1. The van der Waals surface area contributed by atoms with Crippen molar-refractivity contribution in [2.24, 2.45) is 5.92 Å². The first-order valence-corrected chi connectivity index (χ1v) is 7.04. The molecule has 1 aliphatic heterocycles. The zero-order chi connectivity index (χ0) is 15.0. The molecule has 3 heterocycles. The van der Waals surface area contributed by atoms with Crippen LogP contribution in [0.1, 0.15) is 30.3 Å². The lowest BCUT2D eigenvalue weighted by atomic mass is 9.93. The molecule has 2 unspecified atom stereocenters. The second kappa shape index (κ2) is 5.20. The molecule has 1 N–H and O–H groups in total. The van der Waals surface area contributed by atoms with E-state index in [9.17, 15) is 9.59 Å². The van der Waals surface area contributed by atoms with E-state index in [2.05, 4.69) is 4.98 Å². The van der Waals surface area contributed by atoms with E-state index in [0.29, 0.717) is 24.2 Å². The molecule has 110 valence electrons. The summed E-state index contributed by atoms with van der Waals surface area (Å²) >= 11 is 0. The minimum Gasteiger partial charge on any atom is -0.481 e. The average Bonchev–Trinajstić information content (AvgIpc) is 2.90. The molecule has 3 rings (SSSR count). The van der Waals surface area contributed by atoms with E-state index in [4.69, 9.17) is 5.11 Å². The van der Waals surface area contributed by atoms with Crippen LogP contribution in [0.2, 0.25) is 0 Å². The second-order valence-electron chi connectivity index (χ2n) is 5.51. The predicted molar refractivity (Wildman–Crippen MR) is 76.1 cm³/mol. The fourth-order valence-corrected chi connectivity index (χ4v) is 2.78. The molecule has 1 saturated heterocycles. The summed E-state index contributed by atoms with van der Waals surface area (Å²) in [6.45, 7) is 2.20. The minimum absolute atomic E-state index is 0.0397. The summed E-state index contributed by atoms with van der Waals surface area (Å²) in [6, 6.07) is 5.60. The highest BCUT2D eigenvalue weighted by atomic mass is 16.4. The quantitative estimate of drug-likeness (QED) is 0.911. The number of carboxylic acid groups (broad SMARTS) is 1. The van der Waals surface area contributed by atoms with Crippen molar-refractivity contribution in [3.63, 3.8) is 0 Å². The normalized spacial score (nSPS) is 22.4. The summed E-state index contributed by atoms with van der Waals surface area (Å²) < 4.78 is 1.79. The van der Waals surface area contributed by atoms with Gasteiger partial charge in [0.2, 0.25) is 0 Å². The van der Waals surface area contributed by atoms with E-state index in [-0.39, 0.29) is 18.5 Å². The summed E-state index contributed by atoms with van der Waals surface area (Å²) in [5.74, 6) is -1.52. The number of fused-ring (bicyclic) bond motifs is 1. The molecular formula is C15H17N3O3. The van der Waals surface area contributed by atoms with Crippen LogP contribution in [0.3, 0.4) is 0 Å². The first kappa shape index (κ1) is 13.6. The number of imidazole rings is 1. The van der Waals surface area contributed by atoms with E-state index in [1.165, 1.54) is 0 Å². The molecular weight excluding hydrogens is 270 g/mol. The fourth-order valence-electron chi connectivity index (χ4n) is 2.78. The number of aliphatic carboxylic acids is 1. The van der Waals surface area contributed by atoms with Crippen LogP contribution in [0.25, 0.3) is 5.65 Å². The number of hydrogen-bond donors (Lipinski definition) is 1. The van der Waals surface area contributed by atoms with Gasteiger partial charge in [-0.1, -0.05) is 6.07 Å². The van der Waals surface area contributed by atoms with Gasteiger partial charge in [-0.2, -0.15) is 0 Å². The van der Waals surface area contributed by atoms with Gasteiger partial charge in [-0.15, -0.1) is 0 Å². The Balaban J connectivity index is 1.87. The Bertz CT molecular complexity index is 661. The molecule has 2 aromatic rings. The number of pyridine rings is 1. The average molecular weight is 287 g/mol. The molecule has 0 aromatic carbocycles. The predicted octanol–water partition coefficient (Wildman–Crippen LogP) is 1.66. The second-order valence-corrected chi connectivity index (χ2v) is 5.51. The molecule has 0 aliphatic carbocycles. The molecule has 0 bridgehead atoms. The highest BCUT2D eigenvalue weighted by Gasteiger charge is 2.33. The first-order valence-electron chi connectivity index (χ1n) is 7.04.